The maximum atomic E-state index is 13.3. The van der Waals surface area contributed by atoms with Gasteiger partial charge in [-0.05, 0) is 41.0 Å². The summed E-state index contributed by atoms with van der Waals surface area (Å²) < 4.78 is 1.53. The third-order valence-corrected chi connectivity index (χ3v) is 5.99. The first-order valence-corrected chi connectivity index (χ1v) is 11.0. The Balaban J connectivity index is 1.60. The van der Waals surface area contributed by atoms with Gasteiger partial charge in [0, 0.05) is 32.5 Å². The number of benzene rings is 2. The van der Waals surface area contributed by atoms with Crippen molar-refractivity contribution in [2.75, 3.05) is 19.6 Å². The molecule has 1 atom stereocenters. The van der Waals surface area contributed by atoms with Crippen LogP contribution >= 0.6 is 0 Å². The Morgan fingerprint density at radius 1 is 1.12 bits per heavy atom. The Bertz CT molecular complexity index is 1080. The number of rotatable bonds is 7. The first kappa shape index (κ1) is 21.7. The summed E-state index contributed by atoms with van der Waals surface area (Å²) in [6.45, 7) is 6.17. The van der Waals surface area contributed by atoms with E-state index >= 15 is 0 Å². The lowest BCUT2D eigenvalue weighted by Crippen LogP contribution is -2.59. The topological polar surface area (TPSA) is 84.2 Å². The molecular weight excluding hydrogens is 404 g/mol. The normalized spacial score (nSPS) is 16.4. The molecule has 0 saturated carbocycles. The molecule has 0 aliphatic carbocycles. The number of aryl methyl sites for hydroxylation is 2. The van der Waals surface area contributed by atoms with Crippen molar-refractivity contribution >= 4 is 11.8 Å². The summed E-state index contributed by atoms with van der Waals surface area (Å²) in [7, 11) is 0. The van der Waals surface area contributed by atoms with Crippen LogP contribution < -0.4 is 0 Å². The maximum absolute atomic E-state index is 13.3. The van der Waals surface area contributed by atoms with Crippen molar-refractivity contribution in [3.8, 4) is 11.1 Å². The number of carbonyl (C=O) groups excluding carboxylic acids is 2. The van der Waals surface area contributed by atoms with Gasteiger partial charge in [0.1, 0.15) is 12.4 Å². The van der Waals surface area contributed by atoms with Crippen molar-refractivity contribution in [2.24, 2.45) is 0 Å². The highest BCUT2D eigenvalue weighted by molar-refractivity contribution is 5.89. The molecule has 1 aromatic heterocycles. The molecule has 2 heterocycles. The van der Waals surface area contributed by atoms with Crippen LogP contribution in [-0.2, 0) is 22.6 Å². The van der Waals surface area contributed by atoms with E-state index in [4.69, 9.17) is 0 Å². The third kappa shape index (κ3) is 4.69. The summed E-state index contributed by atoms with van der Waals surface area (Å²) in [4.78, 5) is 30.0. The van der Waals surface area contributed by atoms with Crippen molar-refractivity contribution in [3.63, 3.8) is 0 Å². The number of hydrogen-bond acceptors (Lipinski definition) is 5. The van der Waals surface area contributed by atoms with E-state index in [0.29, 0.717) is 32.6 Å². The van der Waals surface area contributed by atoms with Gasteiger partial charge >= 0.3 is 0 Å². The molecular formula is C24H28N6O2. The second-order valence-corrected chi connectivity index (χ2v) is 8.07. The van der Waals surface area contributed by atoms with Crippen molar-refractivity contribution in [1.29, 1.82) is 0 Å². The zero-order chi connectivity index (χ0) is 22.5. The lowest BCUT2D eigenvalue weighted by molar-refractivity contribution is -0.151. The minimum Gasteiger partial charge on any atom is -0.339 e. The van der Waals surface area contributed by atoms with Crippen LogP contribution in [0.5, 0.6) is 0 Å². The van der Waals surface area contributed by atoms with E-state index in [2.05, 4.69) is 52.8 Å². The lowest BCUT2D eigenvalue weighted by Gasteiger charge is -2.40. The number of nitrogens with zero attached hydrogens (tertiary/aromatic N) is 6. The van der Waals surface area contributed by atoms with Crippen molar-refractivity contribution in [2.45, 2.75) is 39.3 Å². The molecule has 166 valence electrons. The molecule has 1 saturated heterocycles. The molecule has 4 rings (SSSR count). The van der Waals surface area contributed by atoms with Crippen LogP contribution in [0.25, 0.3) is 11.1 Å². The lowest BCUT2D eigenvalue weighted by atomic mass is 9.92. The van der Waals surface area contributed by atoms with Crippen LogP contribution in [0.2, 0.25) is 0 Å². The number of aromatic nitrogens is 4. The standard InChI is InChI=1S/C24H28N6O2/c1-3-28-13-14-30(23(31)11-12-29-17-25-26-27-29)22(24(28)32)16-20-8-4-5-10-21(20)19-9-6-7-18(2)15-19/h4-10,15,17,22H,3,11-14,16H2,1-2H3. The van der Waals surface area contributed by atoms with Gasteiger partial charge in [0.2, 0.25) is 11.8 Å². The zero-order valence-electron chi connectivity index (χ0n) is 18.5. The second kappa shape index (κ2) is 9.72. The van der Waals surface area contributed by atoms with Crippen LogP contribution in [0.3, 0.4) is 0 Å². The maximum Gasteiger partial charge on any atom is 0.245 e. The molecule has 0 N–H and O–H groups in total. The Labute approximate surface area is 187 Å². The molecule has 2 aromatic carbocycles. The van der Waals surface area contributed by atoms with Gasteiger partial charge in [-0.2, -0.15) is 0 Å². The average molecular weight is 433 g/mol. The van der Waals surface area contributed by atoms with Gasteiger partial charge < -0.3 is 9.80 Å². The van der Waals surface area contributed by atoms with Crippen molar-refractivity contribution in [1.82, 2.24) is 30.0 Å². The Kier molecular flexibility index (Phi) is 6.58. The third-order valence-electron chi connectivity index (χ3n) is 5.99. The number of carbonyl (C=O) groups is 2. The van der Waals surface area contributed by atoms with Gasteiger partial charge in [0.25, 0.3) is 0 Å². The van der Waals surface area contributed by atoms with Gasteiger partial charge in [-0.3, -0.25) is 9.59 Å². The van der Waals surface area contributed by atoms with Gasteiger partial charge in [0.15, 0.2) is 0 Å². The molecule has 0 radical (unpaired) electrons. The molecule has 1 unspecified atom stereocenters. The smallest absolute Gasteiger partial charge is 0.245 e. The fraction of sp³-hybridized carbons (Fsp3) is 0.375. The first-order valence-electron chi connectivity index (χ1n) is 11.0. The zero-order valence-corrected chi connectivity index (χ0v) is 18.5. The summed E-state index contributed by atoms with van der Waals surface area (Å²) in [5, 5.41) is 11.0. The highest BCUT2D eigenvalue weighted by atomic mass is 16.2. The molecule has 1 aliphatic heterocycles. The van der Waals surface area contributed by atoms with Gasteiger partial charge in [-0.15, -0.1) is 5.10 Å². The number of hydrogen-bond donors (Lipinski definition) is 0. The quantitative estimate of drug-likeness (QED) is 0.572. The van der Waals surface area contributed by atoms with E-state index in [1.165, 1.54) is 16.6 Å². The Hall–Kier alpha value is -3.55. The van der Waals surface area contributed by atoms with Crippen molar-refractivity contribution in [3.05, 3.63) is 66.0 Å². The number of likely N-dealkylation sites (N-methyl/N-ethyl adjacent to an activating group) is 1. The molecule has 32 heavy (non-hydrogen) atoms. The van der Waals surface area contributed by atoms with Gasteiger partial charge in [-0.1, -0.05) is 54.1 Å². The molecule has 3 aromatic rings. The Morgan fingerprint density at radius 3 is 2.72 bits per heavy atom. The van der Waals surface area contributed by atoms with Gasteiger partial charge in [0.05, 0.1) is 6.54 Å². The molecule has 0 bridgehead atoms. The molecule has 8 heteroatoms. The summed E-state index contributed by atoms with van der Waals surface area (Å²) in [5.74, 6) is -0.0452. The Morgan fingerprint density at radius 2 is 1.97 bits per heavy atom. The summed E-state index contributed by atoms with van der Waals surface area (Å²) in [6.07, 6.45) is 2.22. The molecule has 1 aliphatic rings. The predicted octanol–water partition coefficient (Wildman–Crippen LogP) is 2.34. The van der Waals surface area contributed by atoms with E-state index in [9.17, 15) is 9.59 Å². The average Bonchev–Trinajstić information content (AvgIpc) is 3.33. The summed E-state index contributed by atoms with van der Waals surface area (Å²) >= 11 is 0. The van der Waals surface area contributed by atoms with Crippen LogP contribution in [-0.4, -0.2) is 67.5 Å². The van der Waals surface area contributed by atoms with E-state index in [1.807, 2.05) is 30.0 Å². The van der Waals surface area contributed by atoms with Gasteiger partial charge in [-0.25, -0.2) is 4.68 Å². The highest BCUT2D eigenvalue weighted by Crippen LogP contribution is 2.27. The number of piperazine rings is 1. The van der Waals surface area contributed by atoms with Crippen LogP contribution in [0.4, 0.5) is 0 Å². The number of tetrazole rings is 1. The second-order valence-electron chi connectivity index (χ2n) is 8.07. The highest BCUT2D eigenvalue weighted by Gasteiger charge is 2.37. The predicted molar refractivity (Wildman–Crippen MR) is 121 cm³/mol. The first-order chi connectivity index (χ1) is 15.6. The van der Waals surface area contributed by atoms with Crippen molar-refractivity contribution < 1.29 is 9.59 Å². The largest absolute Gasteiger partial charge is 0.339 e. The summed E-state index contributed by atoms with van der Waals surface area (Å²) in [5.41, 5.74) is 4.46. The van der Waals surface area contributed by atoms with Crippen LogP contribution in [0, 0.1) is 6.92 Å². The van der Waals surface area contributed by atoms with E-state index in [-0.39, 0.29) is 18.2 Å². The fourth-order valence-electron chi connectivity index (χ4n) is 4.29. The molecule has 2 amide bonds. The van der Waals surface area contributed by atoms with E-state index < -0.39 is 6.04 Å². The minimum atomic E-state index is -0.518. The molecule has 1 fully saturated rings. The summed E-state index contributed by atoms with van der Waals surface area (Å²) in [6, 6.07) is 16.0. The van der Waals surface area contributed by atoms with E-state index in [1.54, 1.807) is 4.90 Å². The van der Waals surface area contributed by atoms with Crippen LogP contribution in [0.1, 0.15) is 24.5 Å². The van der Waals surface area contributed by atoms with Crippen LogP contribution in [0.15, 0.2) is 54.9 Å². The monoisotopic (exact) mass is 432 g/mol. The SMILES string of the molecule is CCN1CCN(C(=O)CCn2cnnn2)C(Cc2ccccc2-c2cccc(C)c2)C1=O. The molecule has 8 nitrogen and oxygen atoms in total. The fourth-order valence-corrected chi connectivity index (χ4v) is 4.29. The minimum absolute atomic E-state index is 0.00793. The van der Waals surface area contributed by atoms with E-state index in [0.717, 1.165) is 16.7 Å². The molecule has 0 spiro atoms. The number of amides is 2.